The van der Waals surface area contributed by atoms with E-state index in [0.29, 0.717) is 11.5 Å². The number of nitrogens with zero attached hydrogens (tertiary/aromatic N) is 1. The molecule has 0 aromatic carbocycles. The van der Waals surface area contributed by atoms with Gasteiger partial charge in [0.05, 0.1) is 6.04 Å². The summed E-state index contributed by atoms with van der Waals surface area (Å²) in [5, 5.41) is 0. The average molecular weight is 307 g/mol. The summed E-state index contributed by atoms with van der Waals surface area (Å²) in [6.07, 6.45) is 10.1. The average Bonchev–Trinajstić information content (AvgIpc) is 2.88. The van der Waals surface area contributed by atoms with Crippen molar-refractivity contribution in [1.29, 1.82) is 0 Å². The fourth-order valence-electron chi connectivity index (χ4n) is 4.46. The molecule has 1 saturated heterocycles. The van der Waals surface area contributed by atoms with Crippen LogP contribution in [-0.2, 0) is 0 Å². The molecule has 118 valence electrons. The zero-order chi connectivity index (χ0) is 14.9. The van der Waals surface area contributed by atoms with Gasteiger partial charge in [0.15, 0.2) is 0 Å². The first kappa shape index (κ1) is 15.5. The Hall–Kier alpha value is -0.380. The van der Waals surface area contributed by atoms with Crippen molar-refractivity contribution in [2.45, 2.75) is 70.9 Å². The highest BCUT2D eigenvalue weighted by Crippen LogP contribution is 2.46. The highest BCUT2D eigenvalue weighted by Gasteiger charge is 2.38. The van der Waals surface area contributed by atoms with Gasteiger partial charge in [-0.25, -0.2) is 0 Å². The van der Waals surface area contributed by atoms with Crippen LogP contribution in [0.4, 0.5) is 0 Å². The van der Waals surface area contributed by atoms with Crippen molar-refractivity contribution < 1.29 is 0 Å². The van der Waals surface area contributed by atoms with E-state index in [9.17, 15) is 0 Å². The van der Waals surface area contributed by atoms with E-state index in [2.05, 4.69) is 30.9 Å². The number of hydrogen-bond acceptors (Lipinski definition) is 3. The van der Waals surface area contributed by atoms with E-state index in [1.807, 2.05) is 11.3 Å². The highest BCUT2D eigenvalue weighted by atomic mass is 32.1. The molecule has 2 N–H and O–H groups in total. The largest absolute Gasteiger partial charge is 0.326 e. The molecule has 0 radical (unpaired) electrons. The summed E-state index contributed by atoms with van der Waals surface area (Å²) < 4.78 is 0. The highest BCUT2D eigenvalue weighted by molar-refractivity contribution is 7.12. The molecule has 2 heterocycles. The van der Waals surface area contributed by atoms with Gasteiger partial charge in [-0.1, -0.05) is 19.3 Å². The summed E-state index contributed by atoms with van der Waals surface area (Å²) in [5.74, 6) is 0. The Labute approximate surface area is 133 Å². The molecule has 3 rings (SSSR count). The van der Waals surface area contributed by atoms with E-state index in [0.717, 1.165) is 0 Å². The maximum absolute atomic E-state index is 6.34. The van der Waals surface area contributed by atoms with Crippen LogP contribution in [0.2, 0.25) is 0 Å². The van der Waals surface area contributed by atoms with Crippen molar-refractivity contribution >= 4 is 11.3 Å². The number of aryl methyl sites for hydroxylation is 1. The molecule has 0 amide bonds. The Morgan fingerprint density at radius 1 is 1.10 bits per heavy atom. The van der Waals surface area contributed by atoms with Crippen LogP contribution < -0.4 is 5.73 Å². The van der Waals surface area contributed by atoms with Gasteiger partial charge in [0.2, 0.25) is 0 Å². The van der Waals surface area contributed by atoms with Gasteiger partial charge in [-0.2, -0.15) is 0 Å². The quantitative estimate of drug-likeness (QED) is 0.891. The summed E-state index contributed by atoms with van der Waals surface area (Å²) in [6, 6.07) is 5.16. The van der Waals surface area contributed by atoms with Crippen molar-refractivity contribution in [2.75, 3.05) is 13.1 Å². The minimum Gasteiger partial charge on any atom is -0.326 e. The molecule has 2 nitrogen and oxygen atoms in total. The number of likely N-dealkylation sites (tertiary alicyclic amines) is 1. The van der Waals surface area contributed by atoms with Crippen molar-refractivity contribution in [3.8, 4) is 0 Å². The van der Waals surface area contributed by atoms with Gasteiger partial charge in [0.1, 0.15) is 0 Å². The molecule has 2 unspecified atom stereocenters. The molecule has 3 heteroatoms. The third-order valence-corrected chi connectivity index (χ3v) is 6.79. The van der Waals surface area contributed by atoms with Crippen LogP contribution in [0.5, 0.6) is 0 Å². The third kappa shape index (κ3) is 3.35. The zero-order valence-corrected chi connectivity index (χ0v) is 14.4. The molecule has 2 atom stereocenters. The Morgan fingerprint density at radius 3 is 2.29 bits per heavy atom. The van der Waals surface area contributed by atoms with Gasteiger partial charge >= 0.3 is 0 Å². The molecule has 2 fully saturated rings. The van der Waals surface area contributed by atoms with E-state index < -0.39 is 0 Å². The van der Waals surface area contributed by atoms with E-state index in [4.69, 9.17) is 5.73 Å². The first-order valence-electron chi connectivity index (χ1n) is 8.66. The van der Waals surface area contributed by atoms with Crippen LogP contribution in [0.1, 0.15) is 67.7 Å². The maximum Gasteiger partial charge on any atom is 0.0590 e. The Bertz CT molecular complexity index is 450. The lowest BCUT2D eigenvalue weighted by Crippen LogP contribution is -2.46. The molecule has 1 aliphatic heterocycles. The predicted molar refractivity (Wildman–Crippen MR) is 91.8 cm³/mol. The summed E-state index contributed by atoms with van der Waals surface area (Å²) in [4.78, 5) is 5.52. The number of nitrogens with two attached hydrogens (primary N) is 1. The summed E-state index contributed by atoms with van der Waals surface area (Å²) >= 11 is 1.92. The molecular formula is C18H30N2S. The number of rotatable bonds is 3. The van der Waals surface area contributed by atoms with E-state index >= 15 is 0 Å². The van der Waals surface area contributed by atoms with Crippen LogP contribution in [0, 0.1) is 12.3 Å². The maximum atomic E-state index is 6.34. The second-order valence-corrected chi connectivity index (χ2v) is 8.67. The van der Waals surface area contributed by atoms with Crippen molar-refractivity contribution in [3.05, 3.63) is 21.9 Å². The second kappa shape index (κ2) is 6.39. The lowest BCUT2D eigenvalue weighted by molar-refractivity contribution is 0.0401. The Morgan fingerprint density at radius 2 is 1.76 bits per heavy atom. The summed E-state index contributed by atoms with van der Waals surface area (Å²) in [7, 11) is 0. The molecule has 1 aromatic heterocycles. The molecule has 1 saturated carbocycles. The number of piperidine rings is 1. The molecule has 1 aliphatic carbocycles. The monoisotopic (exact) mass is 306 g/mol. The zero-order valence-electron chi connectivity index (χ0n) is 13.6. The van der Waals surface area contributed by atoms with Gasteiger partial charge in [0.25, 0.3) is 0 Å². The standard InChI is InChI=1S/C18H30N2S/c1-14-6-7-16(21-14)17(15(2)19)20-12-10-18(11-13-20)8-4-3-5-9-18/h6-7,15,17H,3-5,8-13,19H2,1-2H3. The van der Waals surface area contributed by atoms with E-state index in [-0.39, 0.29) is 6.04 Å². The van der Waals surface area contributed by atoms with Crippen LogP contribution in [0.15, 0.2) is 12.1 Å². The van der Waals surface area contributed by atoms with Gasteiger partial charge in [-0.15, -0.1) is 11.3 Å². The van der Waals surface area contributed by atoms with Gasteiger partial charge in [-0.3, -0.25) is 4.90 Å². The van der Waals surface area contributed by atoms with Gasteiger partial charge in [-0.05, 0) is 70.2 Å². The fourth-order valence-corrected chi connectivity index (χ4v) is 5.59. The summed E-state index contributed by atoms with van der Waals surface area (Å²) in [5.41, 5.74) is 7.03. The number of hydrogen-bond donors (Lipinski definition) is 1. The smallest absolute Gasteiger partial charge is 0.0590 e. The van der Waals surface area contributed by atoms with Gasteiger partial charge < -0.3 is 5.73 Å². The van der Waals surface area contributed by atoms with E-state index in [1.54, 1.807) is 0 Å². The molecule has 2 aliphatic rings. The minimum atomic E-state index is 0.212. The third-order valence-electron chi connectivity index (χ3n) is 5.72. The lowest BCUT2D eigenvalue weighted by Gasteiger charge is -2.47. The lowest BCUT2D eigenvalue weighted by atomic mass is 9.68. The normalized spacial score (nSPS) is 25.9. The first-order valence-corrected chi connectivity index (χ1v) is 9.47. The molecule has 21 heavy (non-hydrogen) atoms. The molecule has 0 bridgehead atoms. The Kier molecular flexibility index (Phi) is 4.72. The second-order valence-electron chi connectivity index (χ2n) is 7.35. The van der Waals surface area contributed by atoms with Crippen LogP contribution in [0.25, 0.3) is 0 Å². The fraction of sp³-hybridized carbons (Fsp3) is 0.778. The van der Waals surface area contributed by atoms with E-state index in [1.165, 1.54) is 67.8 Å². The topological polar surface area (TPSA) is 29.3 Å². The predicted octanol–water partition coefficient (Wildman–Crippen LogP) is 4.49. The minimum absolute atomic E-state index is 0.212. The Balaban J connectivity index is 1.68. The van der Waals surface area contributed by atoms with Crippen molar-refractivity contribution in [1.82, 2.24) is 4.90 Å². The van der Waals surface area contributed by atoms with Crippen LogP contribution in [-0.4, -0.2) is 24.0 Å². The van der Waals surface area contributed by atoms with Crippen LogP contribution >= 0.6 is 11.3 Å². The molecule has 1 spiro atoms. The SMILES string of the molecule is Cc1ccc(C(C(C)N)N2CCC3(CCCCC3)CC2)s1. The molecular weight excluding hydrogens is 276 g/mol. The molecule has 1 aromatic rings. The van der Waals surface area contributed by atoms with Crippen LogP contribution in [0.3, 0.4) is 0 Å². The number of thiophene rings is 1. The van der Waals surface area contributed by atoms with Gasteiger partial charge in [0, 0.05) is 15.8 Å². The van der Waals surface area contributed by atoms with Crippen molar-refractivity contribution in [3.63, 3.8) is 0 Å². The summed E-state index contributed by atoms with van der Waals surface area (Å²) in [6.45, 7) is 6.84. The van der Waals surface area contributed by atoms with Crippen molar-refractivity contribution in [2.24, 2.45) is 11.1 Å². The first-order chi connectivity index (χ1) is 10.1.